The second-order valence-electron chi connectivity index (χ2n) is 5.52. The Kier molecular flexibility index (Phi) is 8.72. The van der Waals surface area contributed by atoms with Crippen LogP contribution in [0.3, 0.4) is 0 Å². The molecule has 0 atom stereocenters. The van der Waals surface area contributed by atoms with Gasteiger partial charge in [-0.1, -0.05) is 44.0 Å². The summed E-state index contributed by atoms with van der Waals surface area (Å²) in [5.74, 6) is 0. The molecule has 1 aromatic heterocycles. The maximum Gasteiger partial charge on any atom is 0.433 e. The molecule has 142 valence electrons. The molecule has 26 heavy (non-hydrogen) atoms. The van der Waals surface area contributed by atoms with E-state index in [-0.39, 0.29) is 5.57 Å². The van der Waals surface area contributed by atoms with E-state index in [1.165, 1.54) is 12.3 Å². The molecule has 0 aliphatic rings. The van der Waals surface area contributed by atoms with Gasteiger partial charge in [-0.3, -0.25) is 9.98 Å². The van der Waals surface area contributed by atoms with Crippen molar-refractivity contribution in [2.45, 2.75) is 53.1 Å². The Morgan fingerprint density at radius 2 is 1.96 bits per heavy atom. The Hall–Kier alpha value is -1.95. The lowest BCUT2D eigenvalue weighted by molar-refractivity contribution is -0.0579. The predicted molar refractivity (Wildman–Crippen MR) is 103 cm³/mol. The summed E-state index contributed by atoms with van der Waals surface area (Å²) in [6, 6.07) is 3.21. The lowest BCUT2D eigenvalue weighted by Crippen LogP contribution is -2.28. The third-order valence-corrected chi connectivity index (χ3v) is 3.64. The van der Waals surface area contributed by atoms with E-state index in [9.17, 15) is 13.2 Å². The monoisotopic (exact) mass is 385 g/mol. The average molecular weight is 386 g/mol. The first-order valence-electron chi connectivity index (χ1n) is 8.42. The van der Waals surface area contributed by atoms with Crippen LogP contribution in [0.1, 0.15) is 45.7 Å². The summed E-state index contributed by atoms with van der Waals surface area (Å²) in [7, 11) is 0. The quantitative estimate of drug-likeness (QED) is 0.376. The Labute approximate surface area is 157 Å². The number of nitrogens with zero attached hydrogens (tertiary/aromatic N) is 3. The van der Waals surface area contributed by atoms with E-state index in [1.54, 1.807) is 32.1 Å². The standard InChI is InChI=1S/C19H23ClF3N3/c1-5-8-12-24-18(19(21,22)23)14(7-3)16(9-6-2)26-15-10-11-17(20)25-13(15)4/h7-8,10-12H,5-6,9H2,1-4H3/b12-8-,14-7-,24-18-,26-16?. The first-order valence-corrected chi connectivity index (χ1v) is 8.80. The van der Waals surface area contributed by atoms with Crippen molar-refractivity contribution in [2.24, 2.45) is 9.98 Å². The minimum absolute atomic E-state index is 0.0190. The number of rotatable bonds is 7. The molecule has 0 aliphatic carbocycles. The van der Waals surface area contributed by atoms with E-state index in [2.05, 4.69) is 15.0 Å². The maximum atomic E-state index is 13.6. The van der Waals surface area contributed by atoms with Gasteiger partial charge in [0.1, 0.15) is 5.15 Å². The third-order valence-electron chi connectivity index (χ3n) is 3.43. The molecule has 3 nitrogen and oxygen atoms in total. The van der Waals surface area contributed by atoms with Crippen LogP contribution in [-0.2, 0) is 0 Å². The summed E-state index contributed by atoms with van der Waals surface area (Å²) in [5, 5.41) is 0.312. The number of pyridine rings is 1. The Balaban J connectivity index is 3.48. The molecule has 0 radical (unpaired) electrons. The summed E-state index contributed by atoms with van der Waals surface area (Å²) in [5.41, 5.74) is 0.398. The summed E-state index contributed by atoms with van der Waals surface area (Å²) in [4.78, 5) is 12.2. The molecule has 0 N–H and O–H groups in total. The fourth-order valence-electron chi connectivity index (χ4n) is 2.24. The SMILES string of the molecule is C\C=C(C(CCC)=Nc1ccc(Cl)nc1C)/C(=N/C=C\CC)C(F)(F)F. The van der Waals surface area contributed by atoms with Crippen LogP contribution in [0.2, 0.25) is 5.15 Å². The molecule has 0 fully saturated rings. The molecular formula is C19H23ClF3N3. The van der Waals surface area contributed by atoms with E-state index in [4.69, 9.17) is 11.6 Å². The molecular weight excluding hydrogens is 363 g/mol. The van der Waals surface area contributed by atoms with E-state index < -0.39 is 11.9 Å². The van der Waals surface area contributed by atoms with Gasteiger partial charge in [-0.2, -0.15) is 13.2 Å². The second-order valence-corrected chi connectivity index (χ2v) is 5.91. The number of halogens is 4. The van der Waals surface area contributed by atoms with Crippen molar-refractivity contribution in [3.8, 4) is 0 Å². The van der Waals surface area contributed by atoms with Crippen LogP contribution in [0.5, 0.6) is 0 Å². The lowest BCUT2D eigenvalue weighted by Gasteiger charge is -2.16. The number of hydrogen-bond acceptors (Lipinski definition) is 3. The topological polar surface area (TPSA) is 37.6 Å². The van der Waals surface area contributed by atoms with Gasteiger partial charge in [0.25, 0.3) is 0 Å². The zero-order valence-corrected chi connectivity index (χ0v) is 16.1. The molecule has 0 saturated carbocycles. The summed E-state index contributed by atoms with van der Waals surface area (Å²) < 4.78 is 40.7. The number of aryl methyl sites for hydroxylation is 1. The predicted octanol–water partition coefficient (Wildman–Crippen LogP) is 6.79. The van der Waals surface area contributed by atoms with E-state index in [0.717, 1.165) is 0 Å². The van der Waals surface area contributed by atoms with Gasteiger partial charge in [0.15, 0.2) is 5.71 Å². The number of allylic oxidation sites excluding steroid dienone is 3. The smallest absolute Gasteiger partial charge is 0.251 e. The zero-order chi connectivity index (χ0) is 19.7. The van der Waals surface area contributed by atoms with Gasteiger partial charge in [-0.25, -0.2) is 4.98 Å². The number of hydrogen-bond donors (Lipinski definition) is 0. The van der Waals surface area contributed by atoms with Crippen molar-refractivity contribution in [3.63, 3.8) is 0 Å². The fourth-order valence-corrected chi connectivity index (χ4v) is 2.43. The number of alkyl halides is 3. The third kappa shape index (κ3) is 6.41. The highest BCUT2D eigenvalue weighted by Crippen LogP contribution is 2.27. The molecule has 0 bridgehead atoms. The molecule has 0 spiro atoms. The molecule has 0 aliphatic heterocycles. The molecule has 1 aromatic rings. The zero-order valence-electron chi connectivity index (χ0n) is 15.4. The second kappa shape index (κ2) is 10.3. The molecule has 0 saturated heterocycles. The first-order chi connectivity index (χ1) is 12.2. The van der Waals surface area contributed by atoms with E-state index in [1.807, 2.05) is 13.8 Å². The van der Waals surface area contributed by atoms with Crippen molar-refractivity contribution < 1.29 is 13.2 Å². The highest BCUT2D eigenvalue weighted by Gasteiger charge is 2.38. The molecule has 0 aromatic carbocycles. The van der Waals surface area contributed by atoms with Gasteiger partial charge in [-0.15, -0.1) is 0 Å². The fraction of sp³-hybridized carbons (Fsp3) is 0.421. The van der Waals surface area contributed by atoms with Crippen LogP contribution >= 0.6 is 11.6 Å². The van der Waals surface area contributed by atoms with Crippen molar-refractivity contribution in [1.29, 1.82) is 0 Å². The van der Waals surface area contributed by atoms with Gasteiger partial charge >= 0.3 is 6.18 Å². The van der Waals surface area contributed by atoms with Crippen molar-refractivity contribution in [2.75, 3.05) is 0 Å². The maximum absolute atomic E-state index is 13.6. The largest absolute Gasteiger partial charge is 0.433 e. The molecule has 1 rings (SSSR count). The minimum atomic E-state index is -4.58. The lowest BCUT2D eigenvalue weighted by atomic mass is 10.00. The van der Waals surface area contributed by atoms with Crippen LogP contribution in [0, 0.1) is 6.92 Å². The van der Waals surface area contributed by atoms with Crippen molar-refractivity contribution in [3.05, 3.63) is 46.9 Å². The Morgan fingerprint density at radius 3 is 2.46 bits per heavy atom. The van der Waals surface area contributed by atoms with Crippen LogP contribution < -0.4 is 0 Å². The normalized spacial score (nSPS) is 14.4. The van der Waals surface area contributed by atoms with Crippen molar-refractivity contribution >= 4 is 28.7 Å². The van der Waals surface area contributed by atoms with Gasteiger partial charge in [0.05, 0.1) is 17.1 Å². The molecule has 1 heterocycles. The highest BCUT2D eigenvalue weighted by atomic mass is 35.5. The summed E-state index contributed by atoms with van der Waals surface area (Å²) in [6.45, 7) is 6.98. The Morgan fingerprint density at radius 1 is 1.27 bits per heavy atom. The van der Waals surface area contributed by atoms with Gasteiger partial charge in [0, 0.05) is 11.8 Å². The van der Waals surface area contributed by atoms with Crippen molar-refractivity contribution in [1.82, 2.24) is 4.98 Å². The van der Waals surface area contributed by atoms with E-state index in [0.29, 0.717) is 41.5 Å². The molecule has 7 heteroatoms. The molecule has 0 amide bonds. The van der Waals surface area contributed by atoms with Gasteiger partial charge in [0.2, 0.25) is 0 Å². The average Bonchev–Trinajstić information content (AvgIpc) is 2.55. The van der Waals surface area contributed by atoms with Crippen LogP contribution in [0.15, 0.2) is 46.0 Å². The number of aromatic nitrogens is 1. The Bertz CT molecular complexity index is 732. The summed E-state index contributed by atoms with van der Waals surface area (Å²) in [6.07, 6.45) is 1.21. The van der Waals surface area contributed by atoms with Gasteiger partial charge < -0.3 is 0 Å². The minimum Gasteiger partial charge on any atom is -0.251 e. The van der Waals surface area contributed by atoms with Gasteiger partial charge in [-0.05, 0) is 38.8 Å². The first kappa shape index (κ1) is 22.1. The van der Waals surface area contributed by atoms with E-state index >= 15 is 0 Å². The van der Waals surface area contributed by atoms with Crippen LogP contribution in [0.4, 0.5) is 18.9 Å². The molecule has 0 unspecified atom stereocenters. The van der Waals surface area contributed by atoms with Crippen LogP contribution in [-0.4, -0.2) is 22.6 Å². The number of aliphatic imine (C=N–C) groups is 2. The van der Waals surface area contributed by atoms with Crippen LogP contribution in [0.25, 0.3) is 0 Å². The summed E-state index contributed by atoms with van der Waals surface area (Å²) >= 11 is 5.84. The highest BCUT2D eigenvalue weighted by molar-refractivity contribution is 6.29.